The molecular weight excluding hydrogens is 434 g/mol. The Morgan fingerprint density at radius 1 is 0.412 bits per heavy atom. The molecule has 0 N–H and O–H groups in total. The number of unbranched alkanes of at least 4 members (excludes halogenated alkanes) is 22. The minimum atomic E-state index is 0. The highest BCUT2D eigenvalue weighted by Gasteiger charge is 2.17. The molecular formula is C32H66ClN. The monoisotopic (exact) mass is 499 g/mol. The predicted octanol–water partition coefficient (Wildman–Crippen LogP) is 8.37. The van der Waals surface area contributed by atoms with Gasteiger partial charge in [0.25, 0.3) is 0 Å². The van der Waals surface area contributed by atoms with Gasteiger partial charge in [-0.05, 0) is 38.7 Å². The highest BCUT2D eigenvalue weighted by molar-refractivity contribution is 4.68. The van der Waals surface area contributed by atoms with Crippen LogP contribution in [0, 0.1) is 0 Å². The molecule has 0 aliphatic heterocycles. The number of rotatable bonds is 27. The number of hydrogen-bond acceptors (Lipinski definition) is 0. The Bertz CT molecular complexity index is 364. The van der Waals surface area contributed by atoms with E-state index in [0.717, 1.165) is 4.48 Å². The van der Waals surface area contributed by atoms with Crippen molar-refractivity contribution in [3.8, 4) is 0 Å². The van der Waals surface area contributed by atoms with Gasteiger partial charge in [-0.15, -0.1) is 0 Å². The lowest BCUT2D eigenvalue weighted by atomic mass is 10.0. The molecule has 206 valence electrons. The van der Waals surface area contributed by atoms with Crippen LogP contribution in [0.4, 0.5) is 0 Å². The highest BCUT2D eigenvalue weighted by Crippen LogP contribution is 2.16. The van der Waals surface area contributed by atoms with Crippen LogP contribution in [0.15, 0.2) is 12.3 Å². The smallest absolute Gasteiger partial charge is 0.0913 e. The molecule has 1 nitrogen and oxygen atoms in total. The fourth-order valence-corrected chi connectivity index (χ4v) is 5.25. The molecule has 0 aliphatic carbocycles. The fourth-order valence-electron chi connectivity index (χ4n) is 5.25. The molecule has 0 radical (unpaired) electrons. The number of quaternary nitrogens is 1. The van der Waals surface area contributed by atoms with Crippen LogP contribution in [0.2, 0.25) is 0 Å². The van der Waals surface area contributed by atoms with Crippen LogP contribution in [0.5, 0.6) is 0 Å². The number of nitrogens with zero attached hydrogens (tertiary/aromatic N) is 1. The van der Waals surface area contributed by atoms with Gasteiger partial charge in [-0.2, -0.15) is 0 Å². The lowest BCUT2D eigenvalue weighted by Crippen LogP contribution is -3.00. The van der Waals surface area contributed by atoms with Crippen molar-refractivity contribution in [2.45, 2.75) is 175 Å². The Labute approximate surface area is 223 Å². The first-order valence-electron chi connectivity index (χ1n) is 15.7. The summed E-state index contributed by atoms with van der Waals surface area (Å²) in [4.78, 5) is 0. The standard InChI is InChI=1S/C32H66N.ClH/c1-5-8-10-12-14-16-18-20-22-24-26-28-31-33(4,30-7-3)32-29-27-25-23-21-19-17-15-13-11-9-6-2;/h7,30H,5-6,8-29,31-32H2,1-4H3;1H/q+1;/p-1. The molecule has 0 bridgehead atoms. The van der Waals surface area contributed by atoms with Crippen molar-refractivity contribution in [2.24, 2.45) is 0 Å². The van der Waals surface area contributed by atoms with Crippen LogP contribution >= 0.6 is 0 Å². The average Bonchev–Trinajstić information content (AvgIpc) is 2.81. The summed E-state index contributed by atoms with van der Waals surface area (Å²) in [6.45, 7) is 9.47. The van der Waals surface area contributed by atoms with Crippen molar-refractivity contribution < 1.29 is 16.9 Å². The Morgan fingerprint density at radius 2 is 0.647 bits per heavy atom. The molecule has 0 rings (SSSR count). The summed E-state index contributed by atoms with van der Waals surface area (Å²) in [6.07, 6.45) is 39.4. The molecule has 0 aliphatic rings. The topological polar surface area (TPSA) is 0 Å². The fraction of sp³-hybridized carbons (Fsp3) is 0.938. The van der Waals surface area contributed by atoms with Crippen LogP contribution in [0.3, 0.4) is 0 Å². The predicted molar refractivity (Wildman–Crippen MR) is 153 cm³/mol. The van der Waals surface area contributed by atoms with Crippen molar-refractivity contribution in [1.29, 1.82) is 0 Å². The first-order chi connectivity index (χ1) is 16.2. The van der Waals surface area contributed by atoms with Crippen molar-refractivity contribution in [3.63, 3.8) is 0 Å². The van der Waals surface area contributed by atoms with E-state index in [1.54, 1.807) is 0 Å². The molecule has 0 atom stereocenters. The molecule has 0 aromatic carbocycles. The first kappa shape index (κ1) is 36.1. The Balaban J connectivity index is 0. The van der Waals surface area contributed by atoms with E-state index in [1.165, 1.54) is 167 Å². The molecule has 34 heavy (non-hydrogen) atoms. The normalized spacial score (nSPS) is 11.9. The molecule has 0 saturated carbocycles. The molecule has 0 saturated heterocycles. The summed E-state index contributed by atoms with van der Waals surface area (Å²) in [5, 5.41) is 0. The summed E-state index contributed by atoms with van der Waals surface area (Å²) in [7, 11) is 2.46. The van der Waals surface area contributed by atoms with Gasteiger partial charge in [-0.1, -0.05) is 142 Å². The van der Waals surface area contributed by atoms with Gasteiger partial charge in [0.15, 0.2) is 0 Å². The van der Waals surface area contributed by atoms with Gasteiger partial charge in [0.2, 0.25) is 0 Å². The number of hydrogen-bond donors (Lipinski definition) is 0. The van der Waals surface area contributed by atoms with E-state index in [9.17, 15) is 0 Å². The van der Waals surface area contributed by atoms with Gasteiger partial charge in [-0.3, -0.25) is 4.48 Å². The van der Waals surface area contributed by atoms with Gasteiger partial charge in [0.05, 0.1) is 26.3 Å². The van der Waals surface area contributed by atoms with Crippen LogP contribution < -0.4 is 12.4 Å². The molecule has 0 aromatic rings. The third-order valence-electron chi connectivity index (χ3n) is 7.55. The maximum Gasteiger partial charge on any atom is 0.0913 e. The van der Waals surface area contributed by atoms with Crippen LogP contribution in [-0.4, -0.2) is 24.6 Å². The molecule has 2 heteroatoms. The lowest BCUT2D eigenvalue weighted by Gasteiger charge is -2.30. The van der Waals surface area contributed by atoms with E-state index >= 15 is 0 Å². The summed E-state index contributed by atoms with van der Waals surface area (Å²) < 4.78 is 1.16. The summed E-state index contributed by atoms with van der Waals surface area (Å²) >= 11 is 0. The summed E-state index contributed by atoms with van der Waals surface area (Å²) in [5.41, 5.74) is 0. The van der Waals surface area contributed by atoms with E-state index in [0.29, 0.717) is 0 Å². The van der Waals surface area contributed by atoms with Gasteiger partial charge in [0, 0.05) is 0 Å². The third kappa shape index (κ3) is 26.6. The van der Waals surface area contributed by atoms with Gasteiger partial charge >= 0.3 is 0 Å². The maximum atomic E-state index is 2.46. The van der Waals surface area contributed by atoms with Gasteiger partial charge in [-0.25, -0.2) is 0 Å². The molecule has 0 fully saturated rings. The van der Waals surface area contributed by atoms with Crippen LogP contribution in [0.25, 0.3) is 0 Å². The largest absolute Gasteiger partial charge is 1.00 e. The SMILES string of the molecule is CC=C[N+](C)(CCCCCCCCCCCCCC)CCCCCCCCCCCCCC.[Cl-]. The van der Waals surface area contributed by atoms with Crippen LogP contribution in [-0.2, 0) is 0 Å². The zero-order chi connectivity index (χ0) is 24.3. The summed E-state index contributed by atoms with van der Waals surface area (Å²) in [6, 6.07) is 0. The minimum absolute atomic E-state index is 0. The van der Waals surface area contributed by atoms with Crippen LogP contribution in [0.1, 0.15) is 175 Å². The quantitative estimate of drug-likeness (QED) is 0.0785. The zero-order valence-corrected chi connectivity index (χ0v) is 25.1. The lowest BCUT2D eigenvalue weighted by molar-refractivity contribution is -0.860. The van der Waals surface area contributed by atoms with Gasteiger partial charge < -0.3 is 12.4 Å². The van der Waals surface area contributed by atoms with Crippen molar-refractivity contribution in [3.05, 3.63) is 12.3 Å². The summed E-state index contributed by atoms with van der Waals surface area (Å²) in [5.74, 6) is 0. The Kier molecular flexibility index (Phi) is 31.1. The second kappa shape index (κ2) is 29.2. The molecule has 0 unspecified atom stereocenters. The number of halogens is 1. The average molecular weight is 500 g/mol. The van der Waals surface area contributed by atoms with E-state index in [1.807, 2.05) is 0 Å². The van der Waals surface area contributed by atoms with E-state index < -0.39 is 0 Å². The van der Waals surface area contributed by atoms with E-state index in [4.69, 9.17) is 0 Å². The minimum Gasteiger partial charge on any atom is -1.00 e. The number of allylic oxidation sites excluding steroid dienone is 1. The van der Waals surface area contributed by atoms with E-state index in [-0.39, 0.29) is 12.4 Å². The maximum absolute atomic E-state index is 2.46. The van der Waals surface area contributed by atoms with Crippen molar-refractivity contribution >= 4 is 0 Å². The molecule has 0 aromatic heterocycles. The Morgan fingerprint density at radius 3 is 0.882 bits per heavy atom. The first-order valence-corrected chi connectivity index (χ1v) is 15.7. The Hall–Kier alpha value is -0.0100. The van der Waals surface area contributed by atoms with E-state index in [2.05, 4.69) is 40.1 Å². The highest BCUT2D eigenvalue weighted by atomic mass is 35.5. The zero-order valence-electron chi connectivity index (χ0n) is 24.4. The van der Waals surface area contributed by atoms with Crippen molar-refractivity contribution in [2.75, 3.05) is 20.1 Å². The van der Waals surface area contributed by atoms with Gasteiger partial charge in [0.1, 0.15) is 0 Å². The second-order valence-electron chi connectivity index (χ2n) is 11.2. The molecule has 0 amide bonds. The molecule has 0 spiro atoms. The third-order valence-corrected chi connectivity index (χ3v) is 7.55. The van der Waals surface area contributed by atoms with Crippen molar-refractivity contribution in [1.82, 2.24) is 0 Å². The second-order valence-corrected chi connectivity index (χ2v) is 11.2. The molecule has 0 heterocycles.